The molecule has 2 saturated carbocycles. The van der Waals surface area contributed by atoms with E-state index in [4.69, 9.17) is 9.57 Å². The number of unbranched alkanes of at least 4 members (excludes halogenated alkanes) is 1. The van der Waals surface area contributed by atoms with Crippen LogP contribution in [-0.4, -0.2) is 35.8 Å². The van der Waals surface area contributed by atoms with Crippen LogP contribution in [0.4, 0.5) is 4.39 Å². The molecule has 0 spiro atoms. The minimum atomic E-state index is -0.362. The van der Waals surface area contributed by atoms with E-state index in [1.807, 2.05) is 0 Å². The monoisotopic (exact) mass is 337 g/mol. The maximum atomic E-state index is 13.0. The fraction of sp³-hybridized carbons (Fsp3) is 0.778. The van der Waals surface area contributed by atoms with Crippen LogP contribution in [0.15, 0.2) is 12.4 Å². The largest absolute Gasteiger partial charge is 0.378 e. The summed E-state index contributed by atoms with van der Waals surface area (Å²) in [6.45, 7) is 2.95. The van der Waals surface area contributed by atoms with Crippen molar-refractivity contribution in [2.45, 2.75) is 69.4 Å². The van der Waals surface area contributed by atoms with E-state index in [1.165, 1.54) is 12.4 Å². The summed E-state index contributed by atoms with van der Waals surface area (Å²) in [7, 11) is 1.65. The Hall–Kier alpha value is -1.11. The number of nitrogens with one attached hydrogen (secondary N) is 1. The molecule has 6 heteroatoms. The van der Waals surface area contributed by atoms with E-state index in [-0.39, 0.29) is 11.2 Å². The maximum Gasteiger partial charge on any atom is 0.159 e. The van der Waals surface area contributed by atoms with E-state index in [2.05, 4.69) is 22.4 Å². The van der Waals surface area contributed by atoms with Crippen molar-refractivity contribution in [2.75, 3.05) is 13.7 Å². The second kappa shape index (κ2) is 7.85. The molecule has 1 N–H and O–H groups in total. The average molecular weight is 337 g/mol. The number of nitrogens with zero attached hydrogens (tertiary/aromatic N) is 2. The van der Waals surface area contributed by atoms with Crippen LogP contribution < -0.4 is 5.48 Å². The first-order chi connectivity index (χ1) is 11.6. The Labute approximate surface area is 143 Å². The van der Waals surface area contributed by atoms with E-state index < -0.39 is 0 Å². The van der Waals surface area contributed by atoms with Crippen LogP contribution in [0.2, 0.25) is 0 Å². The number of hydrogen-bond donors (Lipinski definition) is 1. The Balaban J connectivity index is 1.35. The van der Waals surface area contributed by atoms with Crippen molar-refractivity contribution in [3.05, 3.63) is 24.0 Å². The summed E-state index contributed by atoms with van der Waals surface area (Å²) in [6, 6.07) is 0.382. The first-order valence-electron chi connectivity index (χ1n) is 9.02. The van der Waals surface area contributed by atoms with Gasteiger partial charge in [-0.2, -0.15) is 0 Å². The summed E-state index contributed by atoms with van der Waals surface area (Å²) in [6.07, 6.45) is 10.6. The third-order valence-corrected chi connectivity index (χ3v) is 5.46. The standard InChI is InChI=1S/C18H28FN3O2/c1-13(22-23-2)5-3-4-8-24-16-6-7-18(10-14(18)9-16)17-20-11-15(19)12-21-17/h11-14,16,22H,3-10H2,1-2H3/t13-,14?,16?,18?/m1/s1. The molecule has 0 saturated heterocycles. The highest BCUT2D eigenvalue weighted by Gasteiger charge is 2.59. The lowest BCUT2D eigenvalue weighted by molar-refractivity contribution is 0.0187. The van der Waals surface area contributed by atoms with Crippen molar-refractivity contribution in [1.82, 2.24) is 15.4 Å². The van der Waals surface area contributed by atoms with Gasteiger partial charge in [0.15, 0.2) is 5.82 Å². The van der Waals surface area contributed by atoms with Crippen molar-refractivity contribution in [3.8, 4) is 0 Å². The number of fused-ring (bicyclic) bond motifs is 1. The van der Waals surface area contributed by atoms with E-state index in [0.29, 0.717) is 18.1 Å². The molecule has 3 rings (SSSR count). The zero-order valence-corrected chi connectivity index (χ0v) is 14.6. The lowest BCUT2D eigenvalue weighted by Crippen LogP contribution is -2.27. The first kappa shape index (κ1) is 17.7. The van der Waals surface area contributed by atoms with Gasteiger partial charge in [-0.1, -0.05) is 0 Å². The van der Waals surface area contributed by atoms with Crippen molar-refractivity contribution in [3.63, 3.8) is 0 Å². The number of rotatable bonds is 9. The summed E-state index contributed by atoms with van der Waals surface area (Å²) in [5.74, 6) is 1.07. The Bertz CT molecular complexity index is 528. The Kier molecular flexibility index (Phi) is 5.79. The zero-order chi connectivity index (χ0) is 17.0. The molecule has 2 aliphatic rings. The van der Waals surface area contributed by atoms with Gasteiger partial charge in [-0.15, -0.1) is 0 Å². The molecule has 0 bridgehead atoms. The molecule has 2 aliphatic carbocycles. The molecule has 1 heterocycles. The molecule has 0 aromatic carbocycles. The Morgan fingerprint density at radius 2 is 2.17 bits per heavy atom. The van der Waals surface area contributed by atoms with Gasteiger partial charge in [-0.05, 0) is 57.8 Å². The highest BCUT2D eigenvalue weighted by molar-refractivity contribution is 5.24. The molecular weight excluding hydrogens is 309 g/mol. The minimum absolute atomic E-state index is 0.106. The molecule has 24 heavy (non-hydrogen) atoms. The summed E-state index contributed by atoms with van der Waals surface area (Å²) in [5.41, 5.74) is 3.05. The van der Waals surface area contributed by atoms with Crippen LogP contribution in [0, 0.1) is 11.7 Å². The van der Waals surface area contributed by atoms with Crippen LogP contribution in [-0.2, 0) is 15.0 Å². The third-order valence-electron chi connectivity index (χ3n) is 5.46. The summed E-state index contributed by atoms with van der Waals surface area (Å²) in [4.78, 5) is 13.3. The molecule has 0 aliphatic heterocycles. The number of ether oxygens (including phenoxy) is 1. The van der Waals surface area contributed by atoms with Crippen LogP contribution in [0.1, 0.15) is 57.7 Å². The minimum Gasteiger partial charge on any atom is -0.378 e. The normalized spacial score (nSPS) is 30.0. The lowest BCUT2D eigenvalue weighted by Gasteiger charge is -2.27. The van der Waals surface area contributed by atoms with Crippen molar-refractivity contribution >= 4 is 0 Å². The SMILES string of the molecule is CON[C@H](C)CCCCOC1CCC2(c3ncc(F)cn3)CC2C1. The lowest BCUT2D eigenvalue weighted by atomic mass is 9.86. The number of aromatic nitrogens is 2. The van der Waals surface area contributed by atoms with Gasteiger partial charge in [0.2, 0.25) is 0 Å². The van der Waals surface area contributed by atoms with Crippen molar-refractivity contribution in [1.29, 1.82) is 0 Å². The Morgan fingerprint density at radius 1 is 1.38 bits per heavy atom. The molecule has 0 amide bonds. The van der Waals surface area contributed by atoms with Crippen LogP contribution in [0.5, 0.6) is 0 Å². The molecule has 134 valence electrons. The second-order valence-corrected chi connectivity index (χ2v) is 7.27. The molecule has 0 radical (unpaired) electrons. The van der Waals surface area contributed by atoms with Gasteiger partial charge in [0.05, 0.1) is 25.6 Å². The van der Waals surface area contributed by atoms with Crippen molar-refractivity contribution in [2.24, 2.45) is 5.92 Å². The maximum absolute atomic E-state index is 13.0. The fourth-order valence-corrected chi connectivity index (χ4v) is 4.02. The van der Waals surface area contributed by atoms with Crippen LogP contribution in [0.25, 0.3) is 0 Å². The predicted octanol–water partition coefficient (Wildman–Crippen LogP) is 3.15. The summed E-state index contributed by atoms with van der Waals surface area (Å²) in [5, 5.41) is 0. The van der Waals surface area contributed by atoms with Crippen molar-refractivity contribution < 1.29 is 14.0 Å². The zero-order valence-electron chi connectivity index (χ0n) is 14.6. The van der Waals surface area contributed by atoms with E-state index in [0.717, 1.165) is 57.4 Å². The molecule has 1 aromatic heterocycles. The third kappa shape index (κ3) is 4.10. The summed E-state index contributed by atoms with van der Waals surface area (Å²) < 4.78 is 19.1. The highest BCUT2D eigenvalue weighted by atomic mass is 19.1. The van der Waals surface area contributed by atoms with Gasteiger partial charge < -0.3 is 9.57 Å². The van der Waals surface area contributed by atoms with Gasteiger partial charge in [-0.25, -0.2) is 19.8 Å². The first-order valence-corrected chi connectivity index (χ1v) is 9.02. The predicted molar refractivity (Wildman–Crippen MR) is 88.8 cm³/mol. The molecule has 5 nitrogen and oxygen atoms in total. The van der Waals surface area contributed by atoms with E-state index in [1.54, 1.807) is 7.11 Å². The summed E-state index contributed by atoms with van der Waals surface area (Å²) >= 11 is 0. The topological polar surface area (TPSA) is 56.3 Å². The van der Waals surface area contributed by atoms with E-state index in [9.17, 15) is 4.39 Å². The fourth-order valence-electron chi connectivity index (χ4n) is 4.02. The number of hydrogen-bond acceptors (Lipinski definition) is 5. The van der Waals surface area contributed by atoms with E-state index >= 15 is 0 Å². The molecule has 4 atom stereocenters. The van der Waals surface area contributed by atoms with Crippen LogP contribution in [0.3, 0.4) is 0 Å². The Morgan fingerprint density at radius 3 is 2.88 bits per heavy atom. The highest BCUT2D eigenvalue weighted by Crippen LogP contribution is 2.61. The van der Waals surface area contributed by atoms with Gasteiger partial charge in [-0.3, -0.25) is 0 Å². The molecular formula is C18H28FN3O2. The molecule has 3 unspecified atom stereocenters. The smallest absolute Gasteiger partial charge is 0.159 e. The second-order valence-electron chi connectivity index (χ2n) is 7.27. The van der Waals surface area contributed by atoms with Gasteiger partial charge in [0.25, 0.3) is 0 Å². The molecule has 1 aromatic rings. The number of hydroxylamine groups is 1. The molecule has 2 fully saturated rings. The quantitative estimate of drug-likeness (QED) is 0.554. The van der Waals surface area contributed by atoms with Crippen LogP contribution >= 0.6 is 0 Å². The average Bonchev–Trinajstić information content (AvgIpc) is 3.30. The van der Waals surface area contributed by atoms with Gasteiger partial charge in [0.1, 0.15) is 5.82 Å². The number of halogens is 1. The van der Waals surface area contributed by atoms with Gasteiger partial charge >= 0.3 is 0 Å². The van der Waals surface area contributed by atoms with Gasteiger partial charge in [0, 0.05) is 18.1 Å².